The van der Waals surface area contributed by atoms with Crippen molar-refractivity contribution >= 4 is 28.5 Å². The molecule has 2 heterocycles. The quantitative estimate of drug-likeness (QED) is 0.656. The van der Waals surface area contributed by atoms with Crippen molar-refractivity contribution in [2.75, 3.05) is 13.1 Å². The molecule has 0 radical (unpaired) electrons. The summed E-state index contributed by atoms with van der Waals surface area (Å²) in [7, 11) is 0. The number of hydrogen-bond acceptors (Lipinski definition) is 4. The zero-order valence-electron chi connectivity index (χ0n) is 15.7. The number of rotatable bonds is 3. The molecule has 0 spiro atoms. The monoisotopic (exact) mass is 411 g/mol. The van der Waals surface area contributed by atoms with Crippen LogP contribution in [-0.4, -0.2) is 35.2 Å². The van der Waals surface area contributed by atoms with E-state index in [2.05, 4.69) is 19.2 Å². The number of benzene rings is 1. The Morgan fingerprint density at radius 1 is 1.14 bits per heavy atom. The molecule has 156 valence electrons. The molecule has 9 heteroatoms. The third kappa shape index (κ3) is 5.47. The second-order valence-electron chi connectivity index (χ2n) is 6.96. The van der Waals surface area contributed by atoms with E-state index in [-0.39, 0.29) is 10.8 Å². The first kappa shape index (κ1) is 22.2. The first-order valence-corrected chi connectivity index (χ1v) is 8.56. The summed E-state index contributed by atoms with van der Waals surface area (Å²) in [5, 5.41) is 19.0. The van der Waals surface area contributed by atoms with Crippen molar-refractivity contribution in [2.24, 2.45) is 5.41 Å². The van der Waals surface area contributed by atoms with Gasteiger partial charge in [-0.3, -0.25) is 0 Å². The average Bonchev–Trinajstić information content (AvgIpc) is 3.08. The minimum Gasteiger partial charge on any atom is -0.478 e. The van der Waals surface area contributed by atoms with Crippen molar-refractivity contribution in [2.45, 2.75) is 20.0 Å². The molecule has 3 N–H and O–H groups in total. The SMILES string of the molecule is CC1(C)CNCC=C1c1ccc(C(F)(F)F)c2ccoc12.O=C(O)/C=C/C(=O)O. The maximum Gasteiger partial charge on any atom is 0.417 e. The smallest absolute Gasteiger partial charge is 0.417 e. The maximum absolute atomic E-state index is 13.1. The summed E-state index contributed by atoms with van der Waals surface area (Å²) in [6.45, 7) is 5.62. The van der Waals surface area contributed by atoms with Crippen molar-refractivity contribution in [1.29, 1.82) is 0 Å². The molecule has 3 rings (SSSR count). The van der Waals surface area contributed by atoms with Crippen molar-refractivity contribution < 1.29 is 37.4 Å². The van der Waals surface area contributed by atoms with Gasteiger partial charge in [0.1, 0.15) is 5.58 Å². The van der Waals surface area contributed by atoms with Crippen LogP contribution in [0.5, 0.6) is 0 Å². The average molecular weight is 411 g/mol. The Balaban J connectivity index is 0.000000321. The molecule has 0 saturated carbocycles. The Labute approximate surface area is 164 Å². The van der Waals surface area contributed by atoms with Gasteiger partial charge in [-0.05, 0) is 17.7 Å². The number of fused-ring (bicyclic) bond motifs is 1. The Kier molecular flexibility index (Phi) is 6.53. The van der Waals surface area contributed by atoms with Gasteiger partial charge < -0.3 is 19.9 Å². The van der Waals surface area contributed by atoms with E-state index in [4.69, 9.17) is 14.6 Å². The Bertz CT molecular complexity index is 954. The topological polar surface area (TPSA) is 99.8 Å². The number of carbonyl (C=O) groups is 2. The van der Waals surface area contributed by atoms with Crippen LogP contribution in [-0.2, 0) is 15.8 Å². The third-order valence-electron chi connectivity index (χ3n) is 4.33. The molecule has 1 aromatic heterocycles. The van der Waals surface area contributed by atoms with Crippen LogP contribution < -0.4 is 5.32 Å². The van der Waals surface area contributed by atoms with Crippen molar-refractivity contribution in [1.82, 2.24) is 5.32 Å². The standard InChI is InChI=1S/C16H16F3NO.C4H4O4/c1-15(2)9-20-7-5-12(15)10-3-4-13(16(17,18)19)11-6-8-21-14(10)11;5-3(6)1-2-4(7)8/h3-6,8,20H,7,9H2,1-2H3;1-2H,(H,5,6)(H,7,8)/b;2-1+. The lowest BCUT2D eigenvalue weighted by Crippen LogP contribution is -2.35. The largest absolute Gasteiger partial charge is 0.478 e. The van der Waals surface area contributed by atoms with Crippen LogP contribution >= 0.6 is 0 Å². The lowest BCUT2D eigenvalue weighted by molar-refractivity contribution is -0.136. The molecule has 0 saturated heterocycles. The summed E-state index contributed by atoms with van der Waals surface area (Å²) in [6, 6.07) is 4.05. The van der Waals surface area contributed by atoms with Gasteiger partial charge in [0.2, 0.25) is 0 Å². The van der Waals surface area contributed by atoms with Crippen LogP contribution in [0.4, 0.5) is 13.2 Å². The fourth-order valence-electron chi connectivity index (χ4n) is 3.07. The Morgan fingerprint density at radius 3 is 2.28 bits per heavy atom. The predicted molar refractivity (Wildman–Crippen MR) is 100 cm³/mol. The first-order chi connectivity index (χ1) is 13.4. The fourth-order valence-corrected chi connectivity index (χ4v) is 3.07. The van der Waals surface area contributed by atoms with Crippen molar-refractivity contribution in [3.63, 3.8) is 0 Å². The van der Waals surface area contributed by atoms with Crippen molar-refractivity contribution in [3.8, 4) is 0 Å². The number of furan rings is 1. The highest BCUT2D eigenvalue weighted by Gasteiger charge is 2.35. The van der Waals surface area contributed by atoms with Gasteiger partial charge in [0.25, 0.3) is 0 Å². The maximum atomic E-state index is 13.1. The number of nitrogens with one attached hydrogen (secondary N) is 1. The lowest BCUT2D eigenvalue weighted by Gasteiger charge is -2.32. The van der Waals surface area contributed by atoms with Gasteiger partial charge in [0.15, 0.2) is 0 Å². The molecular formula is C20H20F3NO5. The highest BCUT2D eigenvalue weighted by Crippen LogP contribution is 2.42. The molecule has 29 heavy (non-hydrogen) atoms. The van der Waals surface area contributed by atoms with Gasteiger partial charge in [-0.1, -0.05) is 26.0 Å². The Morgan fingerprint density at radius 2 is 1.76 bits per heavy atom. The molecule has 0 bridgehead atoms. The first-order valence-electron chi connectivity index (χ1n) is 8.56. The summed E-state index contributed by atoms with van der Waals surface area (Å²) < 4.78 is 44.5. The number of halogens is 3. The summed E-state index contributed by atoms with van der Waals surface area (Å²) in [5.41, 5.74) is 1.27. The van der Waals surface area contributed by atoms with E-state index in [9.17, 15) is 22.8 Å². The third-order valence-corrected chi connectivity index (χ3v) is 4.33. The van der Waals surface area contributed by atoms with E-state index in [0.717, 1.165) is 23.7 Å². The molecule has 0 aliphatic carbocycles. The van der Waals surface area contributed by atoms with Crippen LogP contribution in [0, 0.1) is 5.41 Å². The lowest BCUT2D eigenvalue weighted by atomic mass is 9.77. The number of alkyl halides is 3. The minimum atomic E-state index is -4.38. The zero-order valence-corrected chi connectivity index (χ0v) is 15.7. The van der Waals surface area contributed by atoms with Gasteiger partial charge in [0.05, 0.1) is 11.8 Å². The molecular weight excluding hydrogens is 391 g/mol. The van der Waals surface area contributed by atoms with E-state index in [1.165, 1.54) is 18.4 Å². The normalized spacial score (nSPS) is 16.2. The number of carboxylic acids is 2. The van der Waals surface area contributed by atoms with Crippen LogP contribution in [0.2, 0.25) is 0 Å². The zero-order chi connectivity index (χ0) is 21.8. The summed E-state index contributed by atoms with van der Waals surface area (Å²) >= 11 is 0. The summed E-state index contributed by atoms with van der Waals surface area (Å²) in [5.74, 6) is -2.51. The molecule has 0 fully saturated rings. The van der Waals surface area contributed by atoms with E-state index in [0.29, 0.717) is 24.3 Å². The summed E-state index contributed by atoms with van der Waals surface area (Å²) in [6.07, 6.45) is 0.0788. The van der Waals surface area contributed by atoms with Gasteiger partial charge in [-0.15, -0.1) is 0 Å². The minimum absolute atomic E-state index is 0.121. The molecule has 6 nitrogen and oxygen atoms in total. The summed E-state index contributed by atoms with van der Waals surface area (Å²) in [4.78, 5) is 19.1. The van der Waals surface area contributed by atoms with Crippen LogP contribution in [0.3, 0.4) is 0 Å². The molecule has 0 atom stereocenters. The number of hydrogen-bond donors (Lipinski definition) is 3. The predicted octanol–water partition coefficient (Wildman–Crippen LogP) is 4.18. The fraction of sp³-hybridized carbons (Fsp3) is 0.300. The highest BCUT2D eigenvalue weighted by atomic mass is 19.4. The van der Waals surface area contributed by atoms with Crippen LogP contribution in [0.1, 0.15) is 25.0 Å². The van der Waals surface area contributed by atoms with Crippen LogP contribution in [0.15, 0.2) is 47.1 Å². The molecule has 2 aromatic rings. The second kappa shape index (κ2) is 8.52. The second-order valence-corrected chi connectivity index (χ2v) is 6.96. The van der Waals surface area contributed by atoms with E-state index in [1.54, 1.807) is 0 Å². The van der Waals surface area contributed by atoms with Gasteiger partial charge in [0, 0.05) is 41.6 Å². The molecule has 1 aliphatic heterocycles. The van der Waals surface area contributed by atoms with Gasteiger partial charge in [-0.2, -0.15) is 13.2 Å². The molecule has 1 aliphatic rings. The van der Waals surface area contributed by atoms with Crippen LogP contribution in [0.25, 0.3) is 16.5 Å². The molecule has 0 amide bonds. The highest BCUT2D eigenvalue weighted by molar-refractivity contribution is 5.93. The van der Waals surface area contributed by atoms with E-state index < -0.39 is 23.7 Å². The van der Waals surface area contributed by atoms with Gasteiger partial charge >= 0.3 is 18.1 Å². The molecule has 1 aromatic carbocycles. The van der Waals surface area contributed by atoms with E-state index in [1.807, 2.05) is 6.08 Å². The van der Waals surface area contributed by atoms with E-state index >= 15 is 0 Å². The molecule has 0 unspecified atom stereocenters. The van der Waals surface area contributed by atoms with Gasteiger partial charge in [-0.25, -0.2) is 9.59 Å². The number of aliphatic carboxylic acids is 2. The van der Waals surface area contributed by atoms with Crippen molar-refractivity contribution in [3.05, 3.63) is 53.8 Å². The number of carboxylic acid groups (broad SMARTS) is 2. The Hall–Kier alpha value is -3.07.